The van der Waals surface area contributed by atoms with Crippen molar-refractivity contribution in [3.63, 3.8) is 0 Å². The summed E-state index contributed by atoms with van der Waals surface area (Å²) in [5.41, 5.74) is 4.49. The SMILES string of the molecule is O=Cc1ccncc1N1C=CCN1. The Morgan fingerprint density at radius 1 is 1.62 bits per heavy atom. The number of aromatic nitrogens is 1. The van der Waals surface area contributed by atoms with Crippen molar-refractivity contribution in [1.82, 2.24) is 10.4 Å². The maximum Gasteiger partial charge on any atom is 0.152 e. The second kappa shape index (κ2) is 3.37. The molecule has 13 heavy (non-hydrogen) atoms. The van der Waals surface area contributed by atoms with Gasteiger partial charge in [0.15, 0.2) is 6.29 Å². The first kappa shape index (κ1) is 7.94. The third kappa shape index (κ3) is 1.43. The Morgan fingerprint density at radius 3 is 3.23 bits per heavy atom. The lowest BCUT2D eigenvalue weighted by Crippen LogP contribution is -2.29. The number of hydrogen-bond acceptors (Lipinski definition) is 4. The Hall–Kier alpha value is -1.68. The smallest absolute Gasteiger partial charge is 0.152 e. The minimum atomic E-state index is 0.633. The van der Waals surface area contributed by atoms with Gasteiger partial charge in [0.1, 0.15) is 0 Å². The molecular formula is C9H9N3O. The second-order valence-corrected chi connectivity index (χ2v) is 2.67. The molecule has 2 heterocycles. The van der Waals surface area contributed by atoms with E-state index < -0.39 is 0 Å². The van der Waals surface area contributed by atoms with E-state index in [2.05, 4.69) is 10.4 Å². The van der Waals surface area contributed by atoms with Crippen LogP contribution in [0.2, 0.25) is 0 Å². The molecule has 0 radical (unpaired) electrons. The summed E-state index contributed by atoms with van der Waals surface area (Å²) in [6, 6.07) is 1.69. The molecule has 4 nitrogen and oxygen atoms in total. The number of hydrazine groups is 1. The molecule has 2 rings (SSSR count). The van der Waals surface area contributed by atoms with Crippen LogP contribution in [0.15, 0.2) is 30.7 Å². The molecule has 4 heteroatoms. The third-order valence-electron chi connectivity index (χ3n) is 1.85. The van der Waals surface area contributed by atoms with Gasteiger partial charge in [0, 0.05) is 24.5 Å². The highest BCUT2D eigenvalue weighted by Crippen LogP contribution is 2.17. The maximum atomic E-state index is 10.7. The molecule has 0 aliphatic carbocycles. The minimum Gasteiger partial charge on any atom is -0.298 e. The van der Waals surface area contributed by atoms with Crippen molar-refractivity contribution in [2.24, 2.45) is 0 Å². The number of rotatable bonds is 2. The summed E-state index contributed by atoms with van der Waals surface area (Å²) in [4.78, 5) is 14.6. The fourth-order valence-corrected chi connectivity index (χ4v) is 1.23. The standard InChI is InChI=1S/C9H9N3O/c13-7-8-2-4-10-6-9(8)12-5-1-3-11-12/h1-2,4-7,11H,3H2. The highest BCUT2D eigenvalue weighted by molar-refractivity contribution is 5.84. The Bertz CT molecular complexity index is 348. The first-order valence-electron chi connectivity index (χ1n) is 4.00. The molecule has 0 amide bonds. The first-order valence-corrected chi connectivity index (χ1v) is 4.00. The molecule has 0 saturated heterocycles. The average molecular weight is 175 g/mol. The fourth-order valence-electron chi connectivity index (χ4n) is 1.23. The van der Waals surface area contributed by atoms with Crippen molar-refractivity contribution >= 4 is 12.0 Å². The Morgan fingerprint density at radius 2 is 2.54 bits per heavy atom. The van der Waals surface area contributed by atoms with E-state index in [9.17, 15) is 4.79 Å². The van der Waals surface area contributed by atoms with Gasteiger partial charge in [-0.25, -0.2) is 5.43 Å². The van der Waals surface area contributed by atoms with E-state index in [1.54, 1.807) is 23.5 Å². The van der Waals surface area contributed by atoms with Gasteiger partial charge in [0.05, 0.1) is 11.9 Å². The molecule has 0 unspecified atom stereocenters. The summed E-state index contributed by atoms with van der Waals surface area (Å²) in [5, 5.41) is 1.79. The van der Waals surface area contributed by atoms with Gasteiger partial charge in [-0.05, 0) is 6.07 Å². The van der Waals surface area contributed by atoms with Crippen LogP contribution >= 0.6 is 0 Å². The molecule has 1 aliphatic rings. The zero-order chi connectivity index (χ0) is 9.10. The zero-order valence-corrected chi connectivity index (χ0v) is 6.97. The lowest BCUT2D eigenvalue weighted by atomic mass is 10.2. The number of carbonyl (C=O) groups excluding carboxylic acids is 1. The van der Waals surface area contributed by atoms with E-state index >= 15 is 0 Å². The molecule has 0 bridgehead atoms. The van der Waals surface area contributed by atoms with E-state index in [1.165, 1.54) is 0 Å². The predicted molar refractivity (Wildman–Crippen MR) is 49.2 cm³/mol. The van der Waals surface area contributed by atoms with Crippen molar-refractivity contribution in [2.45, 2.75) is 0 Å². The molecule has 0 aromatic carbocycles. The van der Waals surface area contributed by atoms with E-state index in [4.69, 9.17) is 0 Å². The topological polar surface area (TPSA) is 45.2 Å². The number of pyridine rings is 1. The van der Waals surface area contributed by atoms with Gasteiger partial charge < -0.3 is 0 Å². The molecule has 66 valence electrons. The molecular weight excluding hydrogens is 166 g/mol. The third-order valence-corrected chi connectivity index (χ3v) is 1.85. The highest BCUT2D eigenvalue weighted by Gasteiger charge is 2.10. The summed E-state index contributed by atoms with van der Waals surface area (Å²) < 4.78 is 0. The predicted octanol–water partition coefficient (Wildman–Crippen LogP) is 0.732. The molecule has 1 aromatic rings. The fraction of sp³-hybridized carbons (Fsp3) is 0.111. The van der Waals surface area contributed by atoms with Gasteiger partial charge >= 0.3 is 0 Å². The van der Waals surface area contributed by atoms with Gasteiger partial charge in [-0.1, -0.05) is 6.08 Å². The van der Waals surface area contributed by atoms with Crippen LogP contribution in [-0.2, 0) is 0 Å². The number of carbonyl (C=O) groups is 1. The quantitative estimate of drug-likeness (QED) is 0.673. The Balaban J connectivity index is 2.37. The summed E-state index contributed by atoms with van der Waals surface area (Å²) in [7, 11) is 0. The van der Waals surface area contributed by atoms with Crippen LogP contribution in [-0.4, -0.2) is 17.8 Å². The van der Waals surface area contributed by atoms with E-state index in [1.807, 2.05) is 12.3 Å². The van der Waals surface area contributed by atoms with Crippen LogP contribution in [0.3, 0.4) is 0 Å². The lowest BCUT2D eigenvalue weighted by molar-refractivity contribution is 0.112. The average Bonchev–Trinajstić information content (AvgIpc) is 2.70. The summed E-state index contributed by atoms with van der Waals surface area (Å²) in [6.07, 6.45) is 7.94. The first-order chi connectivity index (χ1) is 6.42. The van der Waals surface area contributed by atoms with Gasteiger partial charge in [-0.2, -0.15) is 0 Å². The van der Waals surface area contributed by atoms with Crippen LogP contribution in [0.25, 0.3) is 0 Å². The molecule has 1 aliphatic heterocycles. The van der Waals surface area contributed by atoms with Crippen LogP contribution in [0.1, 0.15) is 10.4 Å². The molecule has 0 atom stereocenters. The lowest BCUT2D eigenvalue weighted by Gasteiger charge is -2.16. The van der Waals surface area contributed by atoms with Crippen molar-refractivity contribution in [1.29, 1.82) is 0 Å². The van der Waals surface area contributed by atoms with Crippen LogP contribution in [0.5, 0.6) is 0 Å². The number of anilines is 1. The van der Waals surface area contributed by atoms with E-state index in [-0.39, 0.29) is 0 Å². The monoisotopic (exact) mass is 175 g/mol. The van der Waals surface area contributed by atoms with Gasteiger partial charge in [-0.3, -0.25) is 14.8 Å². The molecule has 0 fully saturated rings. The summed E-state index contributed by atoms with van der Waals surface area (Å²) in [6.45, 7) is 0.785. The molecule has 0 spiro atoms. The summed E-state index contributed by atoms with van der Waals surface area (Å²) in [5.74, 6) is 0. The molecule has 1 aromatic heterocycles. The van der Waals surface area contributed by atoms with Gasteiger partial charge in [-0.15, -0.1) is 0 Å². The summed E-state index contributed by atoms with van der Waals surface area (Å²) >= 11 is 0. The second-order valence-electron chi connectivity index (χ2n) is 2.67. The maximum absolute atomic E-state index is 10.7. The number of hydrogen-bond donors (Lipinski definition) is 1. The van der Waals surface area contributed by atoms with Crippen molar-refractivity contribution in [2.75, 3.05) is 11.6 Å². The highest BCUT2D eigenvalue weighted by atomic mass is 16.1. The minimum absolute atomic E-state index is 0.633. The number of nitrogens with one attached hydrogen (secondary N) is 1. The normalized spacial score (nSPS) is 14.9. The molecule has 1 N–H and O–H groups in total. The number of aldehydes is 1. The largest absolute Gasteiger partial charge is 0.298 e. The number of nitrogens with zero attached hydrogens (tertiary/aromatic N) is 2. The Labute approximate surface area is 75.9 Å². The van der Waals surface area contributed by atoms with E-state index in [0.717, 1.165) is 18.5 Å². The van der Waals surface area contributed by atoms with Gasteiger partial charge in [0.25, 0.3) is 0 Å². The Kier molecular flexibility index (Phi) is 2.06. The van der Waals surface area contributed by atoms with Crippen LogP contribution in [0, 0.1) is 0 Å². The van der Waals surface area contributed by atoms with Crippen molar-refractivity contribution < 1.29 is 4.79 Å². The van der Waals surface area contributed by atoms with Crippen molar-refractivity contribution in [3.8, 4) is 0 Å². The van der Waals surface area contributed by atoms with Crippen LogP contribution < -0.4 is 10.4 Å². The zero-order valence-electron chi connectivity index (χ0n) is 6.97. The van der Waals surface area contributed by atoms with Gasteiger partial charge in [0.2, 0.25) is 0 Å². The van der Waals surface area contributed by atoms with Crippen molar-refractivity contribution in [3.05, 3.63) is 36.3 Å². The van der Waals surface area contributed by atoms with Crippen LogP contribution in [0.4, 0.5) is 5.69 Å². The molecule has 0 saturated carbocycles. The van der Waals surface area contributed by atoms with E-state index in [0.29, 0.717) is 5.56 Å².